The van der Waals surface area contributed by atoms with E-state index in [-0.39, 0.29) is 0 Å². The lowest BCUT2D eigenvalue weighted by Gasteiger charge is -2.14. The molecule has 1 heterocycles. The van der Waals surface area contributed by atoms with Gasteiger partial charge in [0.15, 0.2) is 0 Å². The average molecular weight is 329 g/mol. The summed E-state index contributed by atoms with van der Waals surface area (Å²) < 4.78 is 25.2. The highest BCUT2D eigenvalue weighted by Crippen LogP contribution is 2.28. The molecule has 0 unspecified atom stereocenters. The number of benzene rings is 1. The van der Waals surface area contributed by atoms with Gasteiger partial charge in [-0.25, -0.2) is 13.1 Å². The maximum atomic E-state index is 11.3. The number of aryl methyl sites for hydroxylation is 1. The van der Waals surface area contributed by atoms with Crippen LogP contribution in [0.5, 0.6) is 0 Å². The van der Waals surface area contributed by atoms with Gasteiger partial charge in [-0.15, -0.1) is 0 Å². The lowest BCUT2D eigenvalue weighted by molar-refractivity contribution is 0.590. The number of halogens is 1. The van der Waals surface area contributed by atoms with E-state index in [1.807, 2.05) is 19.1 Å². The fraction of sp³-hybridized carbons (Fsp3) is 0.467. The van der Waals surface area contributed by atoms with Crippen LogP contribution in [0.25, 0.3) is 5.57 Å². The molecular weight excluding hydrogens is 308 g/mol. The molecule has 0 radical (unpaired) electrons. The maximum absolute atomic E-state index is 11.3. The minimum atomic E-state index is -3.19. The van der Waals surface area contributed by atoms with Crippen LogP contribution in [0, 0.1) is 6.92 Å². The summed E-state index contributed by atoms with van der Waals surface area (Å²) in [5, 5.41) is 4.08. The molecule has 0 aliphatic carbocycles. The quantitative estimate of drug-likeness (QED) is 0.892. The van der Waals surface area contributed by atoms with E-state index < -0.39 is 10.0 Å². The third-order valence-electron chi connectivity index (χ3n) is 3.61. The van der Waals surface area contributed by atoms with Gasteiger partial charge in [0, 0.05) is 18.1 Å². The Bertz CT molecular complexity index is 654. The molecule has 0 saturated heterocycles. The second-order valence-corrected chi connectivity index (χ2v) is 7.66. The highest BCUT2D eigenvalue weighted by Gasteiger charge is 2.15. The third kappa shape index (κ3) is 4.81. The van der Waals surface area contributed by atoms with Crippen molar-refractivity contribution < 1.29 is 8.42 Å². The van der Waals surface area contributed by atoms with E-state index in [0.717, 1.165) is 41.1 Å². The summed E-state index contributed by atoms with van der Waals surface area (Å²) in [6.07, 6.45) is 3.14. The number of rotatable bonds is 4. The summed E-state index contributed by atoms with van der Waals surface area (Å²) in [4.78, 5) is 0. The molecule has 0 amide bonds. The zero-order chi connectivity index (χ0) is 15.5. The maximum Gasteiger partial charge on any atom is 0.208 e. The first-order valence-corrected chi connectivity index (χ1v) is 9.26. The lowest BCUT2D eigenvalue weighted by atomic mass is 9.95. The van der Waals surface area contributed by atoms with E-state index in [0.29, 0.717) is 13.1 Å². The number of allylic oxidation sites excluding steroid dienone is 1. The molecule has 1 aliphatic heterocycles. The van der Waals surface area contributed by atoms with Gasteiger partial charge >= 0.3 is 0 Å². The minimum Gasteiger partial charge on any atom is -0.313 e. The number of hydrogen-bond acceptors (Lipinski definition) is 3. The largest absolute Gasteiger partial charge is 0.313 e. The Hall–Kier alpha value is -0.880. The molecule has 2 rings (SSSR count). The van der Waals surface area contributed by atoms with E-state index in [9.17, 15) is 8.42 Å². The normalized spacial score (nSPS) is 16.9. The van der Waals surface area contributed by atoms with Crippen LogP contribution < -0.4 is 10.0 Å². The summed E-state index contributed by atoms with van der Waals surface area (Å²) in [6, 6.07) is 6.03. The summed E-state index contributed by atoms with van der Waals surface area (Å²) >= 11 is 6.22. The highest BCUT2D eigenvalue weighted by atomic mass is 35.5. The van der Waals surface area contributed by atoms with Crippen LogP contribution in [-0.2, 0) is 10.0 Å². The Morgan fingerprint density at radius 3 is 2.81 bits per heavy atom. The molecule has 0 atom stereocenters. The number of sulfonamides is 1. The van der Waals surface area contributed by atoms with E-state index in [1.165, 1.54) is 11.8 Å². The molecule has 0 saturated carbocycles. The van der Waals surface area contributed by atoms with Gasteiger partial charge in [0.25, 0.3) is 0 Å². The molecule has 0 bridgehead atoms. The van der Waals surface area contributed by atoms with Crippen molar-refractivity contribution in [2.75, 3.05) is 25.9 Å². The van der Waals surface area contributed by atoms with Gasteiger partial charge in [0.1, 0.15) is 0 Å². The van der Waals surface area contributed by atoms with Crippen LogP contribution >= 0.6 is 11.6 Å². The van der Waals surface area contributed by atoms with Gasteiger partial charge in [0.2, 0.25) is 10.0 Å². The van der Waals surface area contributed by atoms with Crippen molar-refractivity contribution in [1.29, 1.82) is 0 Å². The molecule has 0 aromatic heterocycles. The third-order valence-corrected chi connectivity index (χ3v) is 4.69. The van der Waals surface area contributed by atoms with E-state index >= 15 is 0 Å². The summed E-state index contributed by atoms with van der Waals surface area (Å²) in [7, 11) is -3.19. The molecule has 1 aliphatic rings. The highest BCUT2D eigenvalue weighted by molar-refractivity contribution is 7.88. The van der Waals surface area contributed by atoms with E-state index in [4.69, 9.17) is 11.6 Å². The van der Waals surface area contributed by atoms with Crippen LogP contribution in [0.1, 0.15) is 24.0 Å². The van der Waals surface area contributed by atoms with Crippen molar-refractivity contribution in [3.63, 3.8) is 0 Å². The molecule has 2 N–H and O–H groups in total. The van der Waals surface area contributed by atoms with Gasteiger partial charge < -0.3 is 5.32 Å². The zero-order valence-corrected chi connectivity index (χ0v) is 13.9. The summed E-state index contributed by atoms with van der Waals surface area (Å²) in [5.41, 5.74) is 4.40. The summed E-state index contributed by atoms with van der Waals surface area (Å²) in [5.74, 6) is 0. The Morgan fingerprint density at radius 1 is 1.38 bits per heavy atom. The molecule has 0 spiro atoms. The number of nitrogens with one attached hydrogen (secondary N) is 2. The van der Waals surface area contributed by atoms with Crippen molar-refractivity contribution in [1.82, 2.24) is 10.0 Å². The molecule has 0 fully saturated rings. The molecule has 6 heteroatoms. The van der Waals surface area contributed by atoms with Gasteiger partial charge in [-0.05, 0) is 54.6 Å². The lowest BCUT2D eigenvalue weighted by Crippen LogP contribution is -2.28. The van der Waals surface area contributed by atoms with Gasteiger partial charge in [-0.2, -0.15) is 0 Å². The Kier molecular flexibility index (Phi) is 5.43. The Balaban J connectivity index is 2.35. The standard InChI is InChI=1S/C15H21ClN2O2S/c1-11-5-6-12(8-15(11)16)14-4-3-7-17-9-13(14)10-18-21(2,19)20/h5-6,8,17-18H,3-4,7,9-10H2,1-2H3. The van der Waals surface area contributed by atoms with E-state index in [2.05, 4.69) is 16.1 Å². The Labute approximate surface area is 131 Å². The fourth-order valence-corrected chi connectivity index (χ4v) is 3.05. The van der Waals surface area contributed by atoms with Crippen molar-refractivity contribution in [3.8, 4) is 0 Å². The molecule has 4 nitrogen and oxygen atoms in total. The zero-order valence-electron chi connectivity index (χ0n) is 12.4. The second-order valence-electron chi connectivity index (χ2n) is 5.42. The van der Waals surface area contributed by atoms with Gasteiger partial charge in [-0.3, -0.25) is 0 Å². The van der Waals surface area contributed by atoms with Crippen LogP contribution in [-0.4, -0.2) is 34.3 Å². The average Bonchev–Trinajstić information content (AvgIpc) is 2.64. The molecular formula is C15H21ClN2O2S. The SMILES string of the molecule is Cc1ccc(C2=C(CNS(C)(=O)=O)CNCCC2)cc1Cl. The predicted octanol–water partition coefficient (Wildman–Crippen LogP) is 2.33. The van der Waals surface area contributed by atoms with Gasteiger partial charge in [0.05, 0.1) is 6.26 Å². The smallest absolute Gasteiger partial charge is 0.208 e. The Morgan fingerprint density at radius 2 is 2.14 bits per heavy atom. The van der Waals surface area contributed by atoms with Crippen LogP contribution in [0.2, 0.25) is 5.02 Å². The van der Waals surface area contributed by atoms with E-state index in [1.54, 1.807) is 0 Å². The predicted molar refractivity (Wildman–Crippen MR) is 88.1 cm³/mol. The first kappa shape index (κ1) is 16.5. The molecule has 1 aromatic carbocycles. The van der Waals surface area contributed by atoms with Crippen molar-refractivity contribution in [2.24, 2.45) is 0 Å². The first-order chi connectivity index (χ1) is 9.87. The van der Waals surface area contributed by atoms with Crippen LogP contribution in [0.15, 0.2) is 23.8 Å². The van der Waals surface area contributed by atoms with Crippen molar-refractivity contribution >= 4 is 27.2 Å². The van der Waals surface area contributed by atoms with Crippen molar-refractivity contribution in [2.45, 2.75) is 19.8 Å². The van der Waals surface area contributed by atoms with Gasteiger partial charge in [-0.1, -0.05) is 23.7 Å². The first-order valence-electron chi connectivity index (χ1n) is 6.99. The second kappa shape index (κ2) is 6.92. The topological polar surface area (TPSA) is 58.2 Å². The molecule has 21 heavy (non-hydrogen) atoms. The minimum absolute atomic E-state index is 0.340. The van der Waals surface area contributed by atoms with Crippen LogP contribution in [0.3, 0.4) is 0 Å². The number of hydrogen-bond donors (Lipinski definition) is 2. The summed E-state index contributed by atoms with van der Waals surface area (Å²) in [6.45, 7) is 3.95. The molecule has 116 valence electrons. The fourth-order valence-electron chi connectivity index (χ4n) is 2.43. The van der Waals surface area contributed by atoms with Crippen molar-refractivity contribution in [3.05, 3.63) is 39.9 Å². The molecule has 1 aromatic rings. The van der Waals surface area contributed by atoms with Crippen LogP contribution in [0.4, 0.5) is 0 Å². The monoisotopic (exact) mass is 328 g/mol.